The van der Waals surface area contributed by atoms with Gasteiger partial charge in [0, 0.05) is 0 Å². The molecule has 0 saturated heterocycles. The van der Waals surface area contributed by atoms with Crippen molar-refractivity contribution in [3.8, 4) is 22.3 Å². The van der Waals surface area contributed by atoms with Gasteiger partial charge in [0.15, 0.2) is 0 Å². The van der Waals surface area contributed by atoms with E-state index in [0.29, 0.717) is 0 Å². The van der Waals surface area contributed by atoms with Gasteiger partial charge in [-0.1, -0.05) is 108 Å². The topological polar surface area (TPSA) is 0 Å². The largest absolute Gasteiger partial charge is 4.00 e. The van der Waals surface area contributed by atoms with Crippen LogP contribution in [0.4, 0.5) is 0 Å². The van der Waals surface area contributed by atoms with Gasteiger partial charge >= 0.3 is 26.2 Å². The second-order valence-corrected chi connectivity index (χ2v) is 11.6. The van der Waals surface area contributed by atoms with Crippen molar-refractivity contribution in [2.75, 3.05) is 0 Å². The molecule has 0 saturated carbocycles. The second-order valence-electron chi connectivity index (χ2n) is 9.41. The fraction of sp³-hybridized carbons (Fsp3) is 0. The van der Waals surface area contributed by atoms with Crippen molar-refractivity contribution >= 4 is 45.4 Å². The summed E-state index contributed by atoms with van der Waals surface area (Å²) < 4.78 is 0. The van der Waals surface area contributed by atoms with Crippen molar-refractivity contribution < 1.29 is 35.6 Å². The van der Waals surface area contributed by atoms with E-state index < -0.39 is 7.92 Å². The zero-order valence-electron chi connectivity index (χ0n) is 21.6. The first-order chi connectivity index (χ1) is 18.4. The van der Waals surface area contributed by atoms with Crippen LogP contribution >= 0.6 is 7.92 Å². The predicted octanol–water partition coefficient (Wildman–Crippen LogP) is 2.53. The molecule has 7 aromatic carbocycles. The van der Waals surface area contributed by atoms with Crippen LogP contribution in [0.2, 0.25) is 0 Å². The fourth-order valence-electron chi connectivity index (χ4n) is 5.52. The van der Waals surface area contributed by atoms with Gasteiger partial charge < -0.3 is 9.41 Å². The summed E-state index contributed by atoms with van der Waals surface area (Å²) in [4.78, 5) is 0. The van der Waals surface area contributed by atoms with E-state index in [-0.39, 0.29) is 35.6 Å². The summed E-state index contributed by atoms with van der Waals surface area (Å²) in [6, 6.07) is 54.7. The van der Waals surface area contributed by atoms with Crippen LogP contribution < -0.4 is 25.3 Å². The van der Waals surface area contributed by atoms with E-state index in [2.05, 4.69) is 152 Å². The molecule has 1 heterocycles. The minimum atomic E-state index is -0.467. The smallest absolute Gasteiger partial charge is 1.00 e. The van der Waals surface area contributed by atoms with Gasteiger partial charge in [0.25, 0.3) is 0 Å². The maximum atomic E-state index is 2.41. The Kier molecular flexibility index (Phi) is 9.41. The van der Waals surface area contributed by atoms with Crippen molar-refractivity contribution in [3.05, 3.63) is 152 Å². The van der Waals surface area contributed by atoms with E-state index in [4.69, 9.17) is 0 Å². The van der Waals surface area contributed by atoms with E-state index >= 15 is 0 Å². The van der Waals surface area contributed by atoms with Crippen LogP contribution in [-0.2, 0) is 26.2 Å². The Morgan fingerprint density at radius 1 is 0.500 bits per heavy atom. The zero-order chi connectivity index (χ0) is 24.6. The molecule has 0 amide bonds. The van der Waals surface area contributed by atoms with Crippen molar-refractivity contribution in [1.29, 1.82) is 0 Å². The zero-order valence-corrected chi connectivity index (χ0v) is 25.0. The standard InChI is InChI=1S/C21H14P.C15H11.2FH.Zr/c1-2-8-16(9-3-1)22-17-13-15-7-6-11-18(20(15)14-17)19-10-4-5-12-21(19)22;1-2-6-12(7-3-1)14-10-4-8-13-9-5-11-15(13)14;;;/h1-14H;1-11H;2*1H;/q2*-1;;;+4/p-2. The molecule has 0 radical (unpaired) electrons. The molecule has 0 fully saturated rings. The summed E-state index contributed by atoms with van der Waals surface area (Å²) >= 11 is 0. The van der Waals surface area contributed by atoms with Crippen molar-refractivity contribution in [2.45, 2.75) is 0 Å². The fourth-order valence-corrected chi connectivity index (χ4v) is 8.04. The van der Waals surface area contributed by atoms with E-state index in [1.54, 1.807) is 0 Å². The Balaban J connectivity index is 0.000000183. The molecule has 192 valence electrons. The van der Waals surface area contributed by atoms with Gasteiger partial charge in [-0.3, -0.25) is 0 Å². The first-order valence-corrected chi connectivity index (χ1v) is 14.0. The maximum Gasteiger partial charge on any atom is 4.00 e. The predicted molar refractivity (Wildman–Crippen MR) is 162 cm³/mol. The molecule has 7 aromatic rings. The van der Waals surface area contributed by atoms with Gasteiger partial charge in [-0.05, 0) is 29.7 Å². The third-order valence-corrected chi connectivity index (χ3v) is 9.67. The molecule has 1 aliphatic heterocycles. The van der Waals surface area contributed by atoms with Gasteiger partial charge in [-0.15, -0.1) is 63.2 Å². The summed E-state index contributed by atoms with van der Waals surface area (Å²) in [5.41, 5.74) is 5.38. The van der Waals surface area contributed by atoms with E-state index in [0.717, 1.165) is 0 Å². The molecule has 4 heteroatoms. The Labute approximate surface area is 253 Å². The van der Waals surface area contributed by atoms with Gasteiger partial charge in [-0.25, -0.2) is 0 Å². The molecule has 0 aliphatic carbocycles. The minimum Gasteiger partial charge on any atom is -1.00 e. The second kappa shape index (κ2) is 12.8. The number of hydrogen-bond donors (Lipinski definition) is 0. The molecule has 1 unspecified atom stereocenters. The number of benzene rings is 5. The van der Waals surface area contributed by atoms with Gasteiger partial charge in [-0.2, -0.15) is 18.2 Å². The molecule has 0 spiro atoms. The molecular weight excluding hydrogens is 593 g/mol. The summed E-state index contributed by atoms with van der Waals surface area (Å²) in [6.07, 6.45) is 0. The Hall–Kier alpha value is -3.51. The normalized spacial score (nSPS) is 12.7. The first-order valence-electron chi connectivity index (χ1n) is 12.7. The monoisotopic (exact) mass is 616 g/mol. The molecule has 1 atom stereocenters. The molecule has 2 bridgehead atoms. The summed E-state index contributed by atoms with van der Waals surface area (Å²) in [5.74, 6) is 0. The third kappa shape index (κ3) is 5.29. The Morgan fingerprint density at radius 3 is 1.90 bits per heavy atom. The van der Waals surface area contributed by atoms with Gasteiger partial charge in [0.2, 0.25) is 0 Å². The van der Waals surface area contributed by atoms with E-state index in [1.807, 2.05) is 0 Å². The number of hydrogen-bond acceptors (Lipinski definition) is 0. The van der Waals surface area contributed by atoms with Crippen molar-refractivity contribution in [1.82, 2.24) is 0 Å². The molecule has 8 rings (SSSR count). The number of rotatable bonds is 2. The van der Waals surface area contributed by atoms with Crippen LogP contribution in [0.3, 0.4) is 0 Å². The average molecular weight is 618 g/mol. The maximum absolute atomic E-state index is 2.41. The third-order valence-electron chi connectivity index (χ3n) is 7.21. The molecule has 1 aliphatic rings. The molecule has 0 aromatic heterocycles. The van der Waals surface area contributed by atoms with Crippen LogP contribution in [0.25, 0.3) is 43.8 Å². The average Bonchev–Trinajstić information content (AvgIpc) is 3.59. The summed E-state index contributed by atoms with van der Waals surface area (Å²) in [7, 11) is -0.467. The number of halogens is 2. The van der Waals surface area contributed by atoms with Crippen LogP contribution in [0, 0.1) is 0 Å². The van der Waals surface area contributed by atoms with Gasteiger partial charge in [0.05, 0.1) is 0 Å². The molecule has 0 N–H and O–H groups in total. The van der Waals surface area contributed by atoms with Crippen LogP contribution in [0.1, 0.15) is 0 Å². The van der Waals surface area contributed by atoms with Gasteiger partial charge in [0.1, 0.15) is 0 Å². The van der Waals surface area contributed by atoms with E-state index in [1.165, 1.54) is 59.7 Å². The molecule has 0 nitrogen and oxygen atoms in total. The first kappa shape index (κ1) is 29.5. The summed E-state index contributed by atoms with van der Waals surface area (Å²) in [5, 5.41) is 9.78. The van der Waals surface area contributed by atoms with Crippen molar-refractivity contribution in [3.63, 3.8) is 0 Å². The Morgan fingerprint density at radius 2 is 1.12 bits per heavy atom. The Bertz CT molecular complexity index is 1840. The molecular formula is C36H25F2PZr. The number of fused-ring (bicyclic) bond motifs is 4. The van der Waals surface area contributed by atoms with Crippen LogP contribution in [-0.4, -0.2) is 0 Å². The SMILES string of the molecule is [F-].[F-].[Zr+4].c1ccc(-c2cccc3[cH-]ccc23)cc1.c1ccc(P2c3cc4c(cccc4[cH-]3)-c3ccccc32)cc1. The molecule has 40 heavy (non-hydrogen) atoms. The summed E-state index contributed by atoms with van der Waals surface area (Å²) in [6.45, 7) is 0. The minimum absolute atomic E-state index is 0. The quantitative estimate of drug-likeness (QED) is 0.207. The van der Waals surface area contributed by atoms with E-state index in [9.17, 15) is 0 Å². The van der Waals surface area contributed by atoms with Crippen LogP contribution in [0.5, 0.6) is 0 Å². The van der Waals surface area contributed by atoms with Crippen LogP contribution in [0.15, 0.2) is 152 Å². The van der Waals surface area contributed by atoms with Crippen molar-refractivity contribution in [2.24, 2.45) is 0 Å².